The summed E-state index contributed by atoms with van der Waals surface area (Å²) in [6.07, 6.45) is 0.442. The van der Waals surface area contributed by atoms with Gasteiger partial charge in [0.25, 0.3) is 0 Å². The predicted octanol–water partition coefficient (Wildman–Crippen LogP) is 5.92. The highest BCUT2D eigenvalue weighted by Gasteiger charge is 2.24. The molecule has 1 aliphatic rings. The molecule has 4 rings (SSSR count). The highest BCUT2D eigenvalue weighted by atomic mass is 16.7. The third-order valence-electron chi connectivity index (χ3n) is 7.32. The van der Waals surface area contributed by atoms with Crippen LogP contribution in [0.15, 0.2) is 72.8 Å². The van der Waals surface area contributed by atoms with Crippen molar-refractivity contribution >= 4 is 12.0 Å². The second-order valence-electron chi connectivity index (χ2n) is 11.9. The van der Waals surface area contributed by atoms with Gasteiger partial charge in [-0.15, -0.1) is 0 Å². The maximum absolute atomic E-state index is 13.5. The summed E-state index contributed by atoms with van der Waals surface area (Å²) in [5, 5.41) is 2.65. The number of fused-ring (bicyclic) bond motifs is 1. The Labute approximate surface area is 271 Å². The maximum atomic E-state index is 13.5. The van der Waals surface area contributed by atoms with E-state index < -0.39 is 11.7 Å². The minimum absolute atomic E-state index is 0.01000. The number of rotatable bonds is 17. The lowest BCUT2D eigenvalue weighted by atomic mass is 9.87. The third kappa shape index (κ3) is 11.0. The molecule has 0 radical (unpaired) electrons. The number of hydrogen-bond acceptors (Lipinski definition) is 8. The van der Waals surface area contributed by atoms with E-state index in [9.17, 15) is 9.59 Å². The standard InChI is InChI=1S/C36H46N2O8/c1-36(2,3)46-35(40)37-18-21-43-23-22-42-20-17-34(39)38(25-27-10-6-5-7-11-27)19-16-29(30-12-8-9-13-31(30)41-4)28-14-15-32-33(24-28)45-26-44-32/h5-15,24,29H,16-23,25-26H2,1-4H3,(H,37,40). The first-order valence-corrected chi connectivity index (χ1v) is 15.7. The first-order chi connectivity index (χ1) is 22.2. The average Bonchev–Trinajstić information content (AvgIpc) is 3.51. The molecule has 0 aromatic heterocycles. The highest BCUT2D eigenvalue weighted by Crippen LogP contribution is 2.40. The normalized spacial score (nSPS) is 12.8. The fourth-order valence-corrected chi connectivity index (χ4v) is 5.15. The van der Waals surface area contributed by atoms with Gasteiger partial charge in [-0.2, -0.15) is 0 Å². The molecule has 1 unspecified atom stereocenters. The molecular weight excluding hydrogens is 588 g/mol. The number of carbonyl (C=O) groups is 2. The van der Waals surface area contributed by atoms with Crippen molar-refractivity contribution in [2.24, 2.45) is 0 Å². The zero-order valence-electron chi connectivity index (χ0n) is 27.3. The number of alkyl carbamates (subject to hydrolysis) is 1. The molecule has 248 valence electrons. The number of ether oxygens (including phenoxy) is 6. The molecule has 0 saturated carbocycles. The van der Waals surface area contributed by atoms with Gasteiger partial charge in [-0.3, -0.25) is 4.79 Å². The molecule has 46 heavy (non-hydrogen) atoms. The van der Waals surface area contributed by atoms with E-state index in [0.717, 1.165) is 33.9 Å². The summed E-state index contributed by atoms with van der Waals surface area (Å²) >= 11 is 0. The Hall–Kier alpha value is -4.28. The molecule has 0 spiro atoms. The van der Waals surface area contributed by atoms with Crippen LogP contribution in [0, 0.1) is 0 Å². The Morgan fingerprint density at radius 1 is 0.891 bits per heavy atom. The van der Waals surface area contributed by atoms with Crippen molar-refractivity contribution in [2.75, 3.05) is 53.4 Å². The Bertz CT molecular complexity index is 1390. The number of methoxy groups -OCH3 is 1. The lowest BCUT2D eigenvalue weighted by Gasteiger charge is -2.27. The molecule has 2 amide bonds. The van der Waals surface area contributed by atoms with Crippen LogP contribution in [0.4, 0.5) is 4.79 Å². The fraction of sp³-hybridized carbons (Fsp3) is 0.444. The van der Waals surface area contributed by atoms with E-state index in [2.05, 4.69) is 17.4 Å². The van der Waals surface area contributed by atoms with Gasteiger partial charge in [0.2, 0.25) is 12.7 Å². The Balaban J connectivity index is 1.33. The summed E-state index contributed by atoms with van der Waals surface area (Å²) in [4.78, 5) is 27.1. The molecule has 3 aromatic carbocycles. The van der Waals surface area contributed by atoms with Crippen LogP contribution >= 0.6 is 0 Å². The van der Waals surface area contributed by atoms with Gasteiger partial charge in [-0.25, -0.2) is 4.79 Å². The number of carbonyl (C=O) groups excluding carboxylic acids is 2. The molecule has 1 atom stereocenters. The average molecular weight is 635 g/mol. The summed E-state index contributed by atoms with van der Waals surface area (Å²) in [5.74, 6) is 2.20. The minimum Gasteiger partial charge on any atom is -0.496 e. The molecule has 1 N–H and O–H groups in total. The van der Waals surface area contributed by atoms with Crippen LogP contribution < -0.4 is 19.5 Å². The first-order valence-electron chi connectivity index (χ1n) is 15.7. The van der Waals surface area contributed by atoms with Crippen molar-refractivity contribution in [3.8, 4) is 17.2 Å². The van der Waals surface area contributed by atoms with Crippen LogP contribution in [0.3, 0.4) is 0 Å². The third-order valence-corrected chi connectivity index (χ3v) is 7.32. The molecule has 3 aromatic rings. The molecule has 10 nitrogen and oxygen atoms in total. The first kappa shape index (κ1) is 34.6. The summed E-state index contributed by atoms with van der Waals surface area (Å²) in [6.45, 7) is 8.31. The van der Waals surface area contributed by atoms with Crippen molar-refractivity contribution in [1.29, 1.82) is 0 Å². The van der Waals surface area contributed by atoms with E-state index in [0.29, 0.717) is 45.9 Å². The largest absolute Gasteiger partial charge is 0.496 e. The van der Waals surface area contributed by atoms with Crippen molar-refractivity contribution in [2.45, 2.75) is 51.7 Å². The molecule has 0 aliphatic carbocycles. The van der Waals surface area contributed by atoms with Crippen LogP contribution in [0.2, 0.25) is 0 Å². The lowest BCUT2D eigenvalue weighted by Crippen LogP contribution is -2.34. The van der Waals surface area contributed by atoms with Crippen LogP contribution in [0.1, 0.15) is 56.2 Å². The molecule has 0 saturated heterocycles. The lowest BCUT2D eigenvalue weighted by molar-refractivity contribution is -0.133. The number of nitrogens with one attached hydrogen (secondary N) is 1. The summed E-state index contributed by atoms with van der Waals surface area (Å²) in [6, 6.07) is 24.0. The summed E-state index contributed by atoms with van der Waals surface area (Å²) in [5.41, 5.74) is 2.62. The van der Waals surface area contributed by atoms with E-state index in [1.165, 1.54) is 0 Å². The van der Waals surface area contributed by atoms with Crippen molar-refractivity contribution in [3.63, 3.8) is 0 Å². The number of amides is 2. The van der Waals surface area contributed by atoms with E-state index in [1.807, 2.05) is 86.3 Å². The van der Waals surface area contributed by atoms with E-state index in [-0.39, 0.29) is 31.6 Å². The van der Waals surface area contributed by atoms with Gasteiger partial charge in [0.05, 0.1) is 40.0 Å². The summed E-state index contributed by atoms with van der Waals surface area (Å²) in [7, 11) is 1.67. The van der Waals surface area contributed by atoms with Crippen LogP contribution in [-0.4, -0.2) is 75.9 Å². The quantitative estimate of drug-likeness (QED) is 0.183. The summed E-state index contributed by atoms with van der Waals surface area (Å²) < 4.78 is 33.4. The zero-order valence-corrected chi connectivity index (χ0v) is 27.3. The number of benzene rings is 3. The maximum Gasteiger partial charge on any atom is 0.407 e. The second-order valence-corrected chi connectivity index (χ2v) is 11.9. The van der Waals surface area contributed by atoms with E-state index >= 15 is 0 Å². The molecule has 1 heterocycles. The van der Waals surface area contributed by atoms with Gasteiger partial charge >= 0.3 is 6.09 Å². The SMILES string of the molecule is COc1ccccc1C(CCN(Cc1ccccc1)C(=O)CCOCCOCCNC(=O)OC(C)(C)C)c1ccc2c(c1)OCO2. The number of hydrogen-bond donors (Lipinski definition) is 1. The molecule has 0 fully saturated rings. The molecule has 0 bridgehead atoms. The van der Waals surface area contributed by atoms with E-state index in [1.54, 1.807) is 7.11 Å². The predicted molar refractivity (Wildman–Crippen MR) is 174 cm³/mol. The number of nitrogens with zero attached hydrogens (tertiary/aromatic N) is 1. The Morgan fingerprint density at radius 3 is 2.37 bits per heavy atom. The highest BCUT2D eigenvalue weighted by molar-refractivity contribution is 5.76. The fourth-order valence-electron chi connectivity index (χ4n) is 5.15. The Morgan fingerprint density at radius 2 is 1.61 bits per heavy atom. The van der Waals surface area contributed by atoms with Crippen molar-refractivity contribution in [3.05, 3.63) is 89.5 Å². The zero-order chi connectivity index (χ0) is 32.8. The van der Waals surface area contributed by atoms with Gasteiger partial charge < -0.3 is 38.6 Å². The van der Waals surface area contributed by atoms with Crippen LogP contribution in [-0.2, 0) is 25.5 Å². The topological polar surface area (TPSA) is 105 Å². The van der Waals surface area contributed by atoms with Gasteiger partial charge in [-0.1, -0.05) is 54.6 Å². The molecular formula is C36H46N2O8. The van der Waals surface area contributed by atoms with Crippen molar-refractivity contribution in [1.82, 2.24) is 10.2 Å². The van der Waals surface area contributed by atoms with Crippen molar-refractivity contribution < 1.29 is 38.0 Å². The number of para-hydroxylation sites is 1. The molecule has 1 aliphatic heterocycles. The smallest absolute Gasteiger partial charge is 0.407 e. The van der Waals surface area contributed by atoms with Gasteiger partial charge in [0.1, 0.15) is 11.4 Å². The second kappa shape index (κ2) is 17.4. The monoisotopic (exact) mass is 634 g/mol. The van der Waals surface area contributed by atoms with Crippen LogP contribution in [0.25, 0.3) is 0 Å². The van der Waals surface area contributed by atoms with Gasteiger partial charge in [0, 0.05) is 31.1 Å². The minimum atomic E-state index is -0.544. The van der Waals surface area contributed by atoms with Gasteiger partial charge in [-0.05, 0) is 56.5 Å². The molecule has 10 heteroatoms. The van der Waals surface area contributed by atoms with Gasteiger partial charge in [0.15, 0.2) is 11.5 Å². The Kier molecular flexibility index (Phi) is 13.1. The van der Waals surface area contributed by atoms with E-state index in [4.69, 9.17) is 28.4 Å². The van der Waals surface area contributed by atoms with Crippen LogP contribution in [0.5, 0.6) is 17.2 Å².